The molecule has 0 N–H and O–H groups in total. The number of hydrogen-bond donors (Lipinski definition) is 0. The minimum Gasteiger partial charge on any atom is -0.0805 e. The molecule has 1 fully saturated rings. The van der Waals surface area contributed by atoms with E-state index in [4.69, 9.17) is 0 Å². The van der Waals surface area contributed by atoms with Crippen LogP contribution in [-0.4, -0.2) is 0 Å². The summed E-state index contributed by atoms with van der Waals surface area (Å²) in [7, 11) is 0. The van der Waals surface area contributed by atoms with Crippen LogP contribution in [0.3, 0.4) is 0 Å². The van der Waals surface area contributed by atoms with Gasteiger partial charge in [-0.15, -0.1) is 0 Å². The monoisotopic (exact) mass is 376 g/mol. The summed E-state index contributed by atoms with van der Waals surface area (Å²) in [5.74, 6) is 1.86. The predicted molar refractivity (Wildman–Crippen MR) is 122 cm³/mol. The maximum absolute atomic E-state index is 2.54. The lowest BCUT2D eigenvalue weighted by Gasteiger charge is -2.39. The SMILES string of the molecule is C1=C2\C=C/C3=C\C=C/C1=C(CC2)CC1\C=C/C(=c2/cccc/c2=C/C1)C1CCC31. The van der Waals surface area contributed by atoms with Crippen LogP contribution in [0.4, 0.5) is 0 Å². The molecule has 29 heavy (non-hydrogen) atoms. The number of allylic oxidation sites excluding steroid dienone is 12. The van der Waals surface area contributed by atoms with E-state index in [2.05, 4.69) is 78.9 Å². The highest BCUT2D eigenvalue weighted by atomic mass is 14.4. The Morgan fingerprint density at radius 2 is 1.79 bits per heavy atom. The van der Waals surface area contributed by atoms with E-state index in [1.165, 1.54) is 59.3 Å². The van der Waals surface area contributed by atoms with Crippen molar-refractivity contribution in [2.24, 2.45) is 17.8 Å². The molecule has 3 unspecified atom stereocenters. The zero-order valence-corrected chi connectivity index (χ0v) is 17.0. The Hall–Kier alpha value is -2.60. The molecule has 0 amide bonds. The predicted octanol–water partition coefficient (Wildman–Crippen LogP) is 5.69. The number of rotatable bonds is 0. The van der Waals surface area contributed by atoms with Crippen molar-refractivity contribution in [3.63, 3.8) is 0 Å². The number of benzene rings is 1. The van der Waals surface area contributed by atoms with E-state index in [9.17, 15) is 0 Å². The van der Waals surface area contributed by atoms with Crippen molar-refractivity contribution in [3.05, 3.63) is 106 Å². The van der Waals surface area contributed by atoms with E-state index in [0.717, 1.165) is 6.42 Å². The summed E-state index contributed by atoms with van der Waals surface area (Å²) in [6.45, 7) is 0. The lowest BCUT2D eigenvalue weighted by molar-refractivity contribution is 0.286. The molecule has 0 aliphatic heterocycles. The van der Waals surface area contributed by atoms with Crippen molar-refractivity contribution >= 4 is 11.6 Å². The second-order valence-corrected chi connectivity index (χ2v) is 9.23. The lowest BCUT2D eigenvalue weighted by Crippen LogP contribution is -2.36. The topological polar surface area (TPSA) is 0 Å². The fraction of sp³-hybridized carbons (Fsp3) is 0.310. The minimum atomic E-state index is 0.594. The minimum absolute atomic E-state index is 0.594. The second kappa shape index (κ2) is 7.02. The van der Waals surface area contributed by atoms with E-state index >= 15 is 0 Å². The largest absolute Gasteiger partial charge is 0.0805 e. The number of hydrogen-bond acceptors (Lipinski definition) is 0. The van der Waals surface area contributed by atoms with Crippen molar-refractivity contribution in [2.75, 3.05) is 0 Å². The van der Waals surface area contributed by atoms with Gasteiger partial charge in [-0.25, -0.2) is 0 Å². The van der Waals surface area contributed by atoms with Gasteiger partial charge in [0.05, 0.1) is 0 Å². The van der Waals surface area contributed by atoms with Gasteiger partial charge in [-0.3, -0.25) is 0 Å². The number of fused-ring (bicyclic) bond motifs is 7. The van der Waals surface area contributed by atoms with Crippen molar-refractivity contribution < 1.29 is 0 Å². The molecule has 6 rings (SSSR count). The Bertz CT molecular complexity index is 1160. The van der Waals surface area contributed by atoms with Gasteiger partial charge in [-0.05, 0) is 89.0 Å². The molecule has 1 saturated carbocycles. The molecular formula is C29H28. The Morgan fingerprint density at radius 3 is 2.72 bits per heavy atom. The van der Waals surface area contributed by atoms with Crippen molar-refractivity contribution in [3.8, 4) is 0 Å². The van der Waals surface area contributed by atoms with Crippen LogP contribution in [0.25, 0.3) is 11.6 Å². The molecule has 0 heterocycles. The van der Waals surface area contributed by atoms with Crippen LogP contribution in [0, 0.1) is 17.8 Å². The molecule has 1 aromatic carbocycles. The fourth-order valence-corrected chi connectivity index (χ4v) is 5.79. The summed E-state index contributed by atoms with van der Waals surface area (Å²) < 4.78 is 0. The van der Waals surface area contributed by atoms with E-state index in [-0.39, 0.29) is 0 Å². The van der Waals surface area contributed by atoms with E-state index in [1.807, 2.05) is 0 Å². The Kier molecular flexibility index (Phi) is 4.18. The van der Waals surface area contributed by atoms with Crippen LogP contribution in [0.15, 0.2) is 95.2 Å². The van der Waals surface area contributed by atoms with Crippen LogP contribution in [-0.2, 0) is 0 Å². The normalized spacial score (nSPS) is 37.8. The van der Waals surface area contributed by atoms with Crippen molar-refractivity contribution in [1.29, 1.82) is 0 Å². The molecule has 0 spiro atoms. The molecule has 5 aliphatic rings. The average Bonchev–Trinajstić information content (AvgIpc) is 2.78. The van der Waals surface area contributed by atoms with Gasteiger partial charge in [0.15, 0.2) is 0 Å². The molecule has 0 nitrogen and oxygen atoms in total. The third kappa shape index (κ3) is 3.06. The van der Waals surface area contributed by atoms with Crippen molar-refractivity contribution in [1.82, 2.24) is 0 Å². The van der Waals surface area contributed by atoms with Gasteiger partial charge in [0.1, 0.15) is 0 Å². The molecular weight excluding hydrogens is 348 g/mol. The van der Waals surface area contributed by atoms with E-state index in [1.54, 1.807) is 11.1 Å². The highest BCUT2D eigenvalue weighted by Gasteiger charge is 2.35. The summed E-state index contributed by atoms with van der Waals surface area (Å²) in [5.41, 5.74) is 7.66. The standard InChI is InChI=1S/C29H28/c1-2-7-26-22(4-1)12-9-21-11-15-28(26)29-17-16-27(29)23-5-3-6-24-18-20(8-13-23)10-14-25(24)19-21/h1-8,11-13,15,18,21,27,29H,9-10,14,16-17,19H2/b6-3-,13-8-,15-11-,22-12-,23-5+,28-26+. The molecule has 3 atom stereocenters. The van der Waals surface area contributed by atoms with Gasteiger partial charge >= 0.3 is 0 Å². The van der Waals surface area contributed by atoms with Gasteiger partial charge in [0, 0.05) is 0 Å². The molecule has 5 aliphatic carbocycles. The lowest BCUT2D eigenvalue weighted by atomic mass is 9.65. The first kappa shape index (κ1) is 17.3. The quantitative estimate of drug-likeness (QED) is 0.545. The molecule has 0 aromatic heterocycles. The molecule has 0 heteroatoms. The molecule has 144 valence electrons. The van der Waals surface area contributed by atoms with Crippen molar-refractivity contribution in [2.45, 2.75) is 38.5 Å². The Morgan fingerprint density at radius 1 is 0.862 bits per heavy atom. The van der Waals surface area contributed by atoms with Gasteiger partial charge in [-0.1, -0.05) is 84.5 Å². The molecule has 1 aromatic rings. The Balaban J connectivity index is 1.60. The summed E-state index contributed by atoms with van der Waals surface area (Å²) >= 11 is 0. The first-order chi connectivity index (χ1) is 14.3. The zero-order valence-electron chi connectivity index (χ0n) is 17.0. The van der Waals surface area contributed by atoms with E-state index in [0.29, 0.717) is 17.8 Å². The average molecular weight is 377 g/mol. The first-order valence-electron chi connectivity index (χ1n) is 11.3. The molecule has 5 bridgehead atoms. The van der Waals surface area contributed by atoms with Crippen LogP contribution in [0.5, 0.6) is 0 Å². The van der Waals surface area contributed by atoms with E-state index < -0.39 is 0 Å². The molecule has 0 radical (unpaired) electrons. The van der Waals surface area contributed by atoms with Gasteiger partial charge in [0.25, 0.3) is 0 Å². The Labute approximate surface area is 173 Å². The second-order valence-electron chi connectivity index (χ2n) is 9.23. The van der Waals surface area contributed by atoms with Gasteiger partial charge < -0.3 is 0 Å². The summed E-state index contributed by atoms with van der Waals surface area (Å²) in [5, 5.41) is 2.89. The van der Waals surface area contributed by atoms with Crippen LogP contribution >= 0.6 is 0 Å². The third-order valence-corrected chi connectivity index (χ3v) is 7.59. The first-order valence-corrected chi connectivity index (χ1v) is 11.3. The fourth-order valence-electron chi connectivity index (χ4n) is 5.79. The summed E-state index contributed by atoms with van der Waals surface area (Å²) in [6.07, 6.45) is 29.2. The molecule has 0 saturated heterocycles. The van der Waals surface area contributed by atoms with Gasteiger partial charge in [0.2, 0.25) is 0 Å². The maximum Gasteiger partial charge on any atom is -0.00868 e. The third-order valence-electron chi connectivity index (χ3n) is 7.59. The zero-order chi connectivity index (χ0) is 19.2. The van der Waals surface area contributed by atoms with Crippen LogP contribution < -0.4 is 10.4 Å². The smallest absolute Gasteiger partial charge is 0.00868 e. The maximum atomic E-state index is 2.54. The van der Waals surface area contributed by atoms with Crippen LogP contribution in [0.2, 0.25) is 0 Å². The summed E-state index contributed by atoms with van der Waals surface area (Å²) in [6, 6.07) is 9.07. The highest BCUT2D eigenvalue weighted by molar-refractivity contribution is 5.63. The highest BCUT2D eigenvalue weighted by Crippen LogP contribution is 2.46. The van der Waals surface area contributed by atoms with Crippen LogP contribution in [0.1, 0.15) is 38.5 Å². The van der Waals surface area contributed by atoms with Gasteiger partial charge in [-0.2, -0.15) is 0 Å². The summed E-state index contributed by atoms with van der Waals surface area (Å²) in [4.78, 5) is 0.